The summed E-state index contributed by atoms with van der Waals surface area (Å²) in [5, 5.41) is 0. The minimum Gasteiger partial charge on any atom is -0.497 e. The van der Waals surface area contributed by atoms with Crippen LogP contribution in [0.4, 0.5) is 4.39 Å². The van der Waals surface area contributed by atoms with Gasteiger partial charge < -0.3 is 4.74 Å². The summed E-state index contributed by atoms with van der Waals surface area (Å²) in [5.74, 6) is -0.337. The summed E-state index contributed by atoms with van der Waals surface area (Å²) in [6.45, 7) is 9.11. The van der Waals surface area contributed by atoms with Gasteiger partial charge in [-0.25, -0.2) is 4.39 Å². The highest BCUT2D eigenvalue weighted by Crippen LogP contribution is 2.24. The lowest BCUT2D eigenvalue weighted by Gasteiger charge is -2.35. The number of nitrogens with zero attached hydrogens (tertiary/aromatic N) is 1. The molecule has 1 rings (SSSR count). The molecule has 0 saturated carbocycles. The number of hydrogen-bond donors (Lipinski definition) is 0. The van der Waals surface area contributed by atoms with Gasteiger partial charge in [0, 0.05) is 6.07 Å². The Morgan fingerprint density at radius 1 is 1.32 bits per heavy atom. The molecule has 4 heteroatoms. The van der Waals surface area contributed by atoms with E-state index in [9.17, 15) is 9.18 Å². The van der Waals surface area contributed by atoms with Crippen LogP contribution in [0, 0.1) is 5.82 Å². The number of ketones is 1. The van der Waals surface area contributed by atoms with Gasteiger partial charge in [-0.15, -0.1) is 0 Å². The number of benzene rings is 1. The van der Waals surface area contributed by atoms with Crippen molar-refractivity contribution >= 4 is 5.78 Å². The van der Waals surface area contributed by atoms with Crippen molar-refractivity contribution in [2.45, 2.75) is 33.2 Å². The van der Waals surface area contributed by atoms with Gasteiger partial charge in [-0.3, -0.25) is 9.69 Å². The molecule has 0 heterocycles. The Morgan fingerprint density at radius 2 is 1.89 bits per heavy atom. The number of carbonyl (C=O) groups excluding carboxylic acids is 1. The summed E-state index contributed by atoms with van der Waals surface area (Å²) in [6, 6.07) is 4.34. The van der Waals surface area contributed by atoms with Crippen molar-refractivity contribution in [2.24, 2.45) is 0 Å². The minimum absolute atomic E-state index is 0.109. The second-order valence-electron chi connectivity index (χ2n) is 4.91. The molecule has 3 nitrogen and oxygen atoms in total. The van der Waals surface area contributed by atoms with Crippen molar-refractivity contribution in [3.8, 4) is 5.75 Å². The fourth-order valence-corrected chi connectivity index (χ4v) is 2.29. The Bertz CT molecular complexity index is 453. The third-order valence-electron chi connectivity index (χ3n) is 3.53. The van der Waals surface area contributed by atoms with E-state index < -0.39 is 11.4 Å². The average Bonchev–Trinajstić information content (AvgIpc) is 2.38. The van der Waals surface area contributed by atoms with E-state index in [0.29, 0.717) is 5.75 Å². The van der Waals surface area contributed by atoms with Gasteiger partial charge in [0.05, 0.1) is 18.2 Å². The highest BCUT2D eigenvalue weighted by molar-refractivity contribution is 6.03. The van der Waals surface area contributed by atoms with E-state index in [2.05, 4.69) is 0 Å². The molecule has 0 bridgehead atoms. The Hall–Kier alpha value is -1.42. The van der Waals surface area contributed by atoms with Crippen LogP contribution in [0.15, 0.2) is 18.2 Å². The number of hydrogen-bond acceptors (Lipinski definition) is 3. The lowest BCUT2D eigenvalue weighted by Crippen LogP contribution is -2.50. The maximum Gasteiger partial charge on any atom is 0.185 e. The van der Waals surface area contributed by atoms with E-state index in [0.717, 1.165) is 13.1 Å². The first-order chi connectivity index (χ1) is 8.88. The van der Waals surface area contributed by atoms with Crippen LogP contribution in [-0.4, -0.2) is 36.4 Å². The van der Waals surface area contributed by atoms with Crippen LogP contribution in [0.3, 0.4) is 0 Å². The summed E-state index contributed by atoms with van der Waals surface area (Å²) >= 11 is 0. The van der Waals surface area contributed by atoms with E-state index >= 15 is 0 Å². The standard InChI is InChI=1S/C15H22FNO2/c1-6-17(7-2)15(3,4)14(18)12-9-8-11(19-5)10-13(12)16/h8-10H,6-7H2,1-5H3. The highest BCUT2D eigenvalue weighted by atomic mass is 19.1. The quantitative estimate of drug-likeness (QED) is 0.742. The van der Waals surface area contributed by atoms with Crippen molar-refractivity contribution in [3.05, 3.63) is 29.6 Å². The zero-order chi connectivity index (χ0) is 14.6. The zero-order valence-corrected chi connectivity index (χ0v) is 12.3. The Kier molecular flexibility index (Phi) is 5.06. The van der Waals surface area contributed by atoms with E-state index in [-0.39, 0.29) is 11.3 Å². The number of ether oxygens (including phenoxy) is 1. The minimum atomic E-state index is -0.723. The van der Waals surface area contributed by atoms with Gasteiger partial charge in [0.1, 0.15) is 11.6 Å². The first-order valence-corrected chi connectivity index (χ1v) is 6.51. The lowest BCUT2D eigenvalue weighted by atomic mass is 9.91. The first-order valence-electron chi connectivity index (χ1n) is 6.51. The van der Waals surface area contributed by atoms with Gasteiger partial charge in [0.2, 0.25) is 0 Å². The van der Waals surface area contributed by atoms with E-state index in [1.54, 1.807) is 6.07 Å². The van der Waals surface area contributed by atoms with Crippen LogP contribution >= 0.6 is 0 Å². The maximum atomic E-state index is 14.0. The van der Waals surface area contributed by atoms with Crippen LogP contribution < -0.4 is 4.74 Å². The molecule has 0 unspecified atom stereocenters. The Morgan fingerprint density at radius 3 is 2.32 bits per heavy atom. The Labute approximate surface area is 114 Å². The molecule has 0 aliphatic carbocycles. The van der Waals surface area contributed by atoms with E-state index in [4.69, 9.17) is 4.74 Å². The van der Waals surface area contributed by atoms with Crippen molar-refractivity contribution in [3.63, 3.8) is 0 Å². The molecule has 0 aliphatic rings. The summed E-state index contributed by atoms with van der Waals surface area (Å²) in [4.78, 5) is 14.5. The molecule has 0 fully saturated rings. The highest BCUT2D eigenvalue weighted by Gasteiger charge is 2.34. The van der Waals surface area contributed by atoms with Gasteiger partial charge in [-0.1, -0.05) is 13.8 Å². The normalized spacial score (nSPS) is 11.7. The smallest absolute Gasteiger partial charge is 0.185 e. The molecule has 0 atom stereocenters. The van der Waals surface area contributed by atoms with Crippen molar-refractivity contribution < 1.29 is 13.9 Å². The molecule has 0 saturated heterocycles. The second-order valence-corrected chi connectivity index (χ2v) is 4.91. The summed E-state index contributed by atoms with van der Waals surface area (Å²) in [7, 11) is 1.47. The largest absolute Gasteiger partial charge is 0.497 e. The predicted octanol–water partition coefficient (Wildman–Crippen LogP) is 3.14. The molecule has 0 aromatic heterocycles. The Balaban J connectivity index is 3.12. The molecular weight excluding hydrogens is 245 g/mol. The molecule has 0 radical (unpaired) electrons. The number of rotatable bonds is 6. The van der Waals surface area contributed by atoms with E-state index in [1.807, 2.05) is 32.6 Å². The average molecular weight is 267 g/mol. The third-order valence-corrected chi connectivity index (χ3v) is 3.53. The van der Waals surface area contributed by atoms with Gasteiger partial charge in [-0.2, -0.15) is 0 Å². The topological polar surface area (TPSA) is 29.5 Å². The fraction of sp³-hybridized carbons (Fsp3) is 0.533. The van der Waals surface area contributed by atoms with Crippen LogP contribution in [0.1, 0.15) is 38.1 Å². The summed E-state index contributed by atoms with van der Waals surface area (Å²) < 4.78 is 18.9. The summed E-state index contributed by atoms with van der Waals surface area (Å²) in [6.07, 6.45) is 0. The lowest BCUT2D eigenvalue weighted by molar-refractivity contribution is 0.0664. The molecule has 0 N–H and O–H groups in total. The third kappa shape index (κ3) is 3.13. The molecular formula is C15H22FNO2. The number of carbonyl (C=O) groups is 1. The molecule has 19 heavy (non-hydrogen) atoms. The van der Waals surface area contributed by atoms with Crippen molar-refractivity contribution in [1.82, 2.24) is 4.90 Å². The molecule has 1 aromatic carbocycles. The molecule has 0 aliphatic heterocycles. The van der Waals surface area contributed by atoms with Crippen LogP contribution in [-0.2, 0) is 0 Å². The van der Waals surface area contributed by atoms with Crippen LogP contribution in [0.5, 0.6) is 5.75 Å². The zero-order valence-electron chi connectivity index (χ0n) is 12.3. The monoisotopic (exact) mass is 267 g/mol. The molecule has 106 valence electrons. The van der Waals surface area contributed by atoms with Crippen molar-refractivity contribution in [1.29, 1.82) is 0 Å². The second kappa shape index (κ2) is 6.15. The van der Waals surface area contributed by atoms with Gasteiger partial charge in [-0.05, 0) is 39.1 Å². The maximum absolute atomic E-state index is 14.0. The van der Waals surface area contributed by atoms with Gasteiger partial charge >= 0.3 is 0 Å². The number of likely N-dealkylation sites (N-methyl/N-ethyl adjacent to an activating group) is 1. The summed E-state index contributed by atoms with van der Waals surface area (Å²) in [5.41, 5.74) is -0.614. The van der Waals surface area contributed by atoms with Gasteiger partial charge in [0.15, 0.2) is 5.78 Å². The molecule has 0 amide bonds. The predicted molar refractivity (Wildman–Crippen MR) is 74.3 cm³/mol. The molecule has 0 spiro atoms. The first kappa shape index (κ1) is 15.6. The fourth-order valence-electron chi connectivity index (χ4n) is 2.29. The number of halogens is 1. The molecule has 1 aromatic rings. The van der Waals surface area contributed by atoms with E-state index in [1.165, 1.54) is 19.2 Å². The van der Waals surface area contributed by atoms with Crippen molar-refractivity contribution in [2.75, 3.05) is 20.2 Å². The SMILES string of the molecule is CCN(CC)C(C)(C)C(=O)c1ccc(OC)cc1F. The van der Waals surface area contributed by atoms with Gasteiger partial charge in [0.25, 0.3) is 0 Å². The number of Topliss-reactive ketones (excluding diaryl/α,β-unsaturated/α-hetero) is 1. The van der Waals surface area contributed by atoms with Crippen LogP contribution in [0.25, 0.3) is 0 Å². The van der Waals surface area contributed by atoms with Crippen LogP contribution in [0.2, 0.25) is 0 Å². The number of methoxy groups -OCH3 is 1.